The zero-order valence-electron chi connectivity index (χ0n) is 12.4. The molecule has 0 unspecified atom stereocenters. The number of nitrogens with one attached hydrogen (secondary N) is 2. The van der Waals surface area contributed by atoms with Crippen molar-refractivity contribution in [3.05, 3.63) is 29.3 Å². The third-order valence-corrected chi connectivity index (χ3v) is 2.77. The van der Waals surface area contributed by atoms with Crippen LogP contribution in [0.4, 0.5) is 5.69 Å². The lowest BCUT2D eigenvalue weighted by atomic mass is 10.1. The standard InChI is InChI=1S/C15H25N3O/c1-12-9-13(2)11-14(10-12)17-15(19)5-6-16-7-8-18(3)4/h9-11,16H,5-8H2,1-4H3,(H,17,19). The number of aryl methyl sites for hydroxylation is 2. The molecule has 19 heavy (non-hydrogen) atoms. The highest BCUT2D eigenvalue weighted by Gasteiger charge is 2.03. The van der Waals surface area contributed by atoms with Crippen LogP contribution in [0.3, 0.4) is 0 Å². The Hall–Kier alpha value is -1.39. The molecule has 1 aromatic rings. The maximum Gasteiger partial charge on any atom is 0.225 e. The van der Waals surface area contributed by atoms with Gasteiger partial charge in [0.2, 0.25) is 5.91 Å². The fourth-order valence-electron chi connectivity index (χ4n) is 1.90. The molecule has 1 rings (SSSR count). The fraction of sp³-hybridized carbons (Fsp3) is 0.533. The lowest BCUT2D eigenvalue weighted by molar-refractivity contribution is -0.116. The van der Waals surface area contributed by atoms with Crippen molar-refractivity contribution in [1.82, 2.24) is 10.2 Å². The Morgan fingerprint density at radius 2 is 1.74 bits per heavy atom. The number of benzene rings is 1. The normalized spacial score (nSPS) is 10.8. The summed E-state index contributed by atoms with van der Waals surface area (Å²) in [5.41, 5.74) is 3.22. The van der Waals surface area contributed by atoms with E-state index in [9.17, 15) is 4.79 Å². The van der Waals surface area contributed by atoms with E-state index in [1.54, 1.807) is 0 Å². The highest BCUT2D eigenvalue weighted by Crippen LogP contribution is 2.13. The van der Waals surface area contributed by atoms with E-state index in [0.717, 1.165) is 18.8 Å². The van der Waals surface area contributed by atoms with Crippen molar-refractivity contribution in [3.63, 3.8) is 0 Å². The molecule has 0 saturated heterocycles. The number of likely N-dealkylation sites (N-methyl/N-ethyl adjacent to an activating group) is 1. The first-order chi connectivity index (χ1) is 8.97. The van der Waals surface area contributed by atoms with Gasteiger partial charge < -0.3 is 15.5 Å². The molecule has 0 atom stereocenters. The molecule has 0 spiro atoms. The van der Waals surface area contributed by atoms with Crippen LogP contribution < -0.4 is 10.6 Å². The summed E-state index contributed by atoms with van der Waals surface area (Å²) in [7, 11) is 4.07. The van der Waals surface area contributed by atoms with Crippen molar-refractivity contribution in [2.24, 2.45) is 0 Å². The lowest BCUT2D eigenvalue weighted by Crippen LogP contribution is -2.29. The maximum atomic E-state index is 11.8. The number of rotatable bonds is 7. The van der Waals surface area contributed by atoms with Gasteiger partial charge in [0.05, 0.1) is 0 Å². The molecular weight excluding hydrogens is 238 g/mol. The summed E-state index contributed by atoms with van der Waals surface area (Å²) in [5, 5.41) is 6.19. The predicted molar refractivity (Wildman–Crippen MR) is 80.6 cm³/mol. The van der Waals surface area contributed by atoms with Gasteiger partial charge in [0.15, 0.2) is 0 Å². The van der Waals surface area contributed by atoms with Gasteiger partial charge in [0.25, 0.3) is 0 Å². The summed E-state index contributed by atoms with van der Waals surface area (Å²) in [6.07, 6.45) is 0.500. The summed E-state index contributed by atoms with van der Waals surface area (Å²) in [4.78, 5) is 13.9. The Labute approximate surface area is 116 Å². The lowest BCUT2D eigenvalue weighted by Gasteiger charge is -2.10. The molecule has 0 radical (unpaired) electrons. The molecule has 0 bridgehead atoms. The van der Waals surface area contributed by atoms with Crippen LogP contribution in [0.15, 0.2) is 18.2 Å². The molecular formula is C15H25N3O. The second-order valence-electron chi connectivity index (χ2n) is 5.23. The summed E-state index contributed by atoms with van der Waals surface area (Å²) < 4.78 is 0. The van der Waals surface area contributed by atoms with Gasteiger partial charge in [-0.05, 0) is 51.2 Å². The molecule has 0 fully saturated rings. The fourth-order valence-corrected chi connectivity index (χ4v) is 1.90. The third-order valence-electron chi connectivity index (χ3n) is 2.77. The van der Waals surface area contributed by atoms with Crippen LogP contribution in [0.1, 0.15) is 17.5 Å². The Morgan fingerprint density at radius 1 is 1.11 bits per heavy atom. The van der Waals surface area contributed by atoms with E-state index in [-0.39, 0.29) is 5.91 Å². The molecule has 0 aliphatic heterocycles. The van der Waals surface area contributed by atoms with Gasteiger partial charge in [-0.2, -0.15) is 0 Å². The van der Waals surface area contributed by atoms with Crippen molar-refractivity contribution >= 4 is 11.6 Å². The number of nitrogens with zero attached hydrogens (tertiary/aromatic N) is 1. The van der Waals surface area contributed by atoms with E-state index in [1.807, 2.05) is 40.1 Å². The first-order valence-electron chi connectivity index (χ1n) is 6.71. The molecule has 0 heterocycles. The van der Waals surface area contributed by atoms with E-state index in [2.05, 4.69) is 21.6 Å². The van der Waals surface area contributed by atoms with Crippen LogP contribution in [0.2, 0.25) is 0 Å². The van der Waals surface area contributed by atoms with E-state index in [4.69, 9.17) is 0 Å². The van der Waals surface area contributed by atoms with E-state index >= 15 is 0 Å². The summed E-state index contributed by atoms with van der Waals surface area (Å²) in [6, 6.07) is 6.08. The maximum absolute atomic E-state index is 11.8. The Morgan fingerprint density at radius 3 is 2.32 bits per heavy atom. The van der Waals surface area contributed by atoms with E-state index < -0.39 is 0 Å². The summed E-state index contributed by atoms with van der Waals surface area (Å²) >= 11 is 0. The van der Waals surface area contributed by atoms with Gasteiger partial charge in [0.1, 0.15) is 0 Å². The number of carbonyl (C=O) groups is 1. The smallest absolute Gasteiger partial charge is 0.225 e. The number of hydrogen-bond donors (Lipinski definition) is 2. The SMILES string of the molecule is Cc1cc(C)cc(NC(=O)CCNCCN(C)C)c1. The minimum Gasteiger partial charge on any atom is -0.326 e. The first kappa shape index (κ1) is 15.7. The molecule has 0 aromatic heterocycles. The van der Waals surface area contributed by atoms with Crippen LogP contribution in [0.5, 0.6) is 0 Å². The van der Waals surface area contributed by atoms with Crippen LogP contribution in [-0.2, 0) is 4.79 Å². The average molecular weight is 263 g/mol. The molecule has 1 amide bonds. The quantitative estimate of drug-likeness (QED) is 0.737. The molecule has 106 valence electrons. The van der Waals surface area contributed by atoms with Crippen molar-refractivity contribution < 1.29 is 4.79 Å². The first-order valence-corrected chi connectivity index (χ1v) is 6.71. The van der Waals surface area contributed by atoms with Gasteiger partial charge in [-0.25, -0.2) is 0 Å². The minimum atomic E-state index is 0.0577. The molecule has 0 aliphatic rings. The third kappa shape index (κ3) is 6.94. The Kier molecular flexibility index (Phi) is 6.53. The van der Waals surface area contributed by atoms with Crippen molar-refractivity contribution in [1.29, 1.82) is 0 Å². The number of carbonyl (C=O) groups excluding carboxylic acids is 1. The molecule has 4 nitrogen and oxygen atoms in total. The van der Waals surface area contributed by atoms with Crippen LogP contribution in [-0.4, -0.2) is 44.5 Å². The Bertz CT molecular complexity index is 396. The molecule has 0 aliphatic carbocycles. The van der Waals surface area contributed by atoms with Gasteiger partial charge in [-0.15, -0.1) is 0 Å². The summed E-state index contributed by atoms with van der Waals surface area (Å²) in [6.45, 7) is 6.67. The molecule has 0 saturated carbocycles. The second-order valence-corrected chi connectivity index (χ2v) is 5.23. The van der Waals surface area contributed by atoms with Crippen LogP contribution >= 0.6 is 0 Å². The Balaban J connectivity index is 2.27. The highest BCUT2D eigenvalue weighted by atomic mass is 16.1. The van der Waals surface area contributed by atoms with Crippen LogP contribution in [0, 0.1) is 13.8 Å². The average Bonchev–Trinajstić information content (AvgIpc) is 2.26. The minimum absolute atomic E-state index is 0.0577. The monoisotopic (exact) mass is 263 g/mol. The molecule has 4 heteroatoms. The van der Waals surface area contributed by atoms with Crippen LogP contribution in [0.25, 0.3) is 0 Å². The topological polar surface area (TPSA) is 44.4 Å². The van der Waals surface area contributed by atoms with E-state index in [0.29, 0.717) is 13.0 Å². The molecule has 2 N–H and O–H groups in total. The highest BCUT2D eigenvalue weighted by molar-refractivity contribution is 5.91. The van der Waals surface area contributed by atoms with Gasteiger partial charge in [-0.3, -0.25) is 4.79 Å². The zero-order valence-corrected chi connectivity index (χ0v) is 12.4. The van der Waals surface area contributed by atoms with Gasteiger partial charge in [-0.1, -0.05) is 6.07 Å². The predicted octanol–water partition coefficient (Wildman–Crippen LogP) is 1.78. The summed E-state index contributed by atoms with van der Waals surface area (Å²) in [5.74, 6) is 0.0577. The zero-order chi connectivity index (χ0) is 14.3. The number of anilines is 1. The van der Waals surface area contributed by atoms with Crippen molar-refractivity contribution in [2.75, 3.05) is 39.0 Å². The largest absolute Gasteiger partial charge is 0.326 e. The molecule has 1 aromatic carbocycles. The number of hydrogen-bond acceptors (Lipinski definition) is 3. The van der Waals surface area contributed by atoms with Crippen molar-refractivity contribution in [2.45, 2.75) is 20.3 Å². The van der Waals surface area contributed by atoms with Crippen molar-refractivity contribution in [3.8, 4) is 0 Å². The van der Waals surface area contributed by atoms with Gasteiger partial charge in [0, 0.05) is 31.7 Å². The number of amides is 1. The van der Waals surface area contributed by atoms with Gasteiger partial charge >= 0.3 is 0 Å². The second kappa shape index (κ2) is 7.92. The van der Waals surface area contributed by atoms with E-state index in [1.165, 1.54) is 11.1 Å².